The van der Waals surface area contributed by atoms with Gasteiger partial charge in [-0.15, -0.1) is 0 Å². The van der Waals surface area contributed by atoms with Crippen LogP contribution in [0.4, 0.5) is 27.6 Å². The van der Waals surface area contributed by atoms with Crippen LogP contribution in [-0.2, 0) is 0 Å². The monoisotopic (exact) mass is 296 g/mol. The zero-order valence-electron chi connectivity index (χ0n) is 10.6. The van der Waals surface area contributed by atoms with Gasteiger partial charge in [-0.1, -0.05) is 6.92 Å². The highest BCUT2D eigenvalue weighted by molar-refractivity contribution is 5.94. The Morgan fingerprint density at radius 2 is 1.75 bits per heavy atom. The second-order valence-electron chi connectivity index (χ2n) is 4.04. The van der Waals surface area contributed by atoms with Crippen LogP contribution in [0.15, 0.2) is 12.1 Å². The van der Waals surface area contributed by atoms with Gasteiger partial charge in [0.1, 0.15) is 23.9 Å². The largest absolute Gasteiger partial charge is 0.405 e. The van der Waals surface area contributed by atoms with Crippen LogP contribution in [0, 0.1) is 11.6 Å². The molecule has 0 bridgehead atoms. The highest BCUT2D eigenvalue weighted by Crippen LogP contribution is 2.21. The summed E-state index contributed by atoms with van der Waals surface area (Å²) in [5.41, 5.74) is -0.912. The number of rotatable bonds is 5. The predicted molar refractivity (Wildman–Crippen MR) is 63.5 cm³/mol. The van der Waals surface area contributed by atoms with Gasteiger partial charge in [0.15, 0.2) is 0 Å². The van der Waals surface area contributed by atoms with Crippen LogP contribution in [0.5, 0.6) is 0 Å². The van der Waals surface area contributed by atoms with E-state index in [9.17, 15) is 26.7 Å². The van der Waals surface area contributed by atoms with Crippen molar-refractivity contribution in [3.63, 3.8) is 0 Å². The summed E-state index contributed by atoms with van der Waals surface area (Å²) in [6.45, 7) is 0.556. The van der Waals surface area contributed by atoms with E-state index in [1.54, 1.807) is 6.92 Å². The van der Waals surface area contributed by atoms with Crippen molar-refractivity contribution in [2.75, 3.05) is 18.4 Å². The van der Waals surface area contributed by atoms with E-state index < -0.39 is 41.5 Å². The molecule has 0 atom stereocenters. The van der Waals surface area contributed by atoms with E-state index in [4.69, 9.17) is 0 Å². The number of nitrogens with one attached hydrogen (secondary N) is 2. The summed E-state index contributed by atoms with van der Waals surface area (Å²) in [7, 11) is 0. The fourth-order valence-corrected chi connectivity index (χ4v) is 1.41. The van der Waals surface area contributed by atoms with E-state index in [1.165, 1.54) is 5.32 Å². The summed E-state index contributed by atoms with van der Waals surface area (Å²) >= 11 is 0. The van der Waals surface area contributed by atoms with Gasteiger partial charge in [0.25, 0.3) is 5.91 Å². The average molecular weight is 296 g/mol. The number of hydrogen-bond donors (Lipinski definition) is 2. The molecule has 1 rings (SSSR count). The van der Waals surface area contributed by atoms with Gasteiger partial charge in [0.05, 0.1) is 0 Å². The number of alkyl halides is 3. The highest BCUT2D eigenvalue weighted by Gasteiger charge is 2.28. The van der Waals surface area contributed by atoms with Crippen LogP contribution < -0.4 is 10.6 Å². The molecule has 0 fully saturated rings. The molecule has 2 N–H and O–H groups in total. The number of carbonyl (C=O) groups is 1. The van der Waals surface area contributed by atoms with E-state index in [1.807, 2.05) is 0 Å². The lowest BCUT2D eigenvalue weighted by Gasteiger charge is -2.11. The molecule has 0 saturated heterocycles. The lowest BCUT2D eigenvalue weighted by molar-refractivity contribution is -0.123. The Bertz CT molecular complexity index is 464. The standard InChI is InChI=1S/C12H13F5N2O/c1-2-3-18-10-8(13)4-7(5-9(10)14)11(20)19-6-12(15,16)17/h4-5,18H,2-3,6H2,1H3,(H,19,20). The highest BCUT2D eigenvalue weighted by atomic mass is 19.4. The second kappa shape index (κ2) is 6.53. The normalized spacial score (nSPS) is 11.3. The van der Waals surface area contributed by atoms with Gasteiger partial charge in [-0.25, -0.2) is 8.78 Å². The molecular formula is C12H13F5N2O. The third-order valence-corrected chi connectivity index (χ3v) is 2.31. The minimum atomic E-state index is -4.59. The Morgan fingerprint density at radius 3 is 2.20 bits per heavy atom. The summed E-state index contributed by atoms with van der Waals surface area (Å²) in [5.74, 6) is -3.26. The van der Waals surface area contributed by atoms with Crippen molar-refractivity contribution in [1.29, 1.82) is 0 Å². The van der Waals surface area contributed by atoms with Crippen LogP contribution in [0.3, 0.4) is 0 Å². The van der Waals surface area contributed by atoms with Gasteiger partial charge in [-0.3, -0.25) is 4.79 Å². The molecule has 0 spiro atoms. The van der Waals surface area contributed by atoms with E-state index in [0.29, 0.717) is 25.1 Å². The molecule has 1 amide bonds. The van der Waals surface area contributed by atoms with Crippen molar-refractivity contribution in [3.05, 3.63) is 29.3 Å². The Morgan fingerprint density at radius 1 is 1.20 bits per heavy atom. The van der Waals surface area contributed by atoms with Gasteiger partial charge in [-0.2, -0.15) is 13.2 Å². The molecule has 0 aliphatic rings. The molecule has 0 unspecified atom stereocenters. The summed E-state index contributed by atoms with van der Waals surface area (Å²) in [5, 5.41) is 4.03. The summed E-state index contributed by atoms with van der Waals surface area (Å²) in [6, 6.07) is 1.37. The van der Waals surface area contributed by atoms with E-state index in [0.717, 1.165) is 0 Å². The molecule has 0 saturated carbocycles. The van der Waals surface area contributed by atoms with Gasteiger partial charge in [0, 0.05) is 12.1 Å². The fourth-order valence-electron chi connectivity index (χ4n) is 1.41. The first-order valence-electron chi connectivity index (χ1n) is 5.82. The maximum absolute atomic E-state index is 13.6. The van der Waals surface area contributed by atoms with Crippen molar-refractivity contribution in [2.45, 2.75) is 19.5 Å². The van der Waals surface area contributed by atoms with Crippen molar-refractivity contribution in [3.8, 4) is 0 Å². The maximum atomic E-state index is 13.6. The van der Waals surface area contributed by atoms with Gasteiger partial charge < -0.3 is 10.6 Å². The van der Waals surface area contributed by atoms with E-state index in [2.05, 4.69) is 5.32 Å². The number of benzene rings is 1. The van der Waals surface area contributed by atoms with Crippen LogP contribution >= 0.6 is 0 Å². The molecule has 0 aromatic heterocycles. The van der Waals surface area contributed by atoms with Crippen LogP contribution in [0.1, 0.15) is 23.7 Å². The third kappa shape index (κ3) is 4.67. The molecule has 112 valence electrons. The minimum absolute atomic E-state index is 0.327. The fraction of sp³-hybridized carbons (Fsp3) is 0.417. The minimum Gasteiger partial charge on any atom is -0.380 e. The summed E-state index contributed by atoms with van der Waals surface area (Å²) < 4.78 is 62.9. The molecule has 8 heteroatoms. The van der Waals surface area contributed by atoms with Gasteiger partial charge in [0.2, 0.25) is 0 Å². The van der Waals surface area contributed by atoms with Crippen LogP contribution in [0.25, 0.3) is 0 Å². The number of amides is 1. The van der Waals surface area contributed by atoms with Crippen LogP contribution in [0.2, 0.25) is 0 Å². The first-order chi connectivity index (χ1) is 9.24. The summed E-state index contributed by atoms with van der Waals surface area (Å²) in [6.07, 6.45) is -3.96. The van der Waals surface area contributed by atoms with E-state index >= 15 is 0 Å². The van der Waals surface area contributed by atoms with Crippen molar-refractivity contribution in [2.24, 2.45) is 0 Å². The quantitative estimate of drug-likeness (QED) is 0.820. The smallest absolute Gasteiger partial charge is 0.380 e. The molecule has 0 heterocycles. The van der Waals surface area contributed by atoms with E-state index in [-0.39, 0.29) is 0 Å². The van der Waals surface area contributed by atoms with Crippen molar-refractivity contribution in [1.82, 2.24) is 5.32 Å². The van der Waals surface area contributed by atoms with Crippen molar-refractivity contribution >= 4 is 11.6 Å². The Kier molecular flexibility index (Phi) is 5.29. The maximum Gasteiger partial charge on any atom is 0.405 e. The number of hydrogen-bond acceptors (Lipinski definition) is 2. The molecule has 0 radical (unpaired) electrons. The topological polar surface area (TPSA) is 41.1 Å². The van der Waals surface area contributed by atoms with Crippen LogP contribution in [-0.4, -0.2) is 25.2 Å². The lowest BCUT2D eigenvalue weighted by Crippen LogP contribution is -2.33. The average Bonchev–Trinajstić information content (AvgIpc) is 2.34. The Hall–Kier alpha value is -1.86. The predicted octanol–water partition coefficient (Wildman–Crippen LogP) is 3.08. The zero-order valence-corrected chi connectivity index (χ0v) is 10.6. The molecule has 0 aliphatic carbocycles. The molecule has 0 aliphatic heterocycles. The molecule has 1 aromatic rings. The molecular weight excluding hydrogens is 283 g/mol. The first kappa shape index (κ1) is 16.2. The van der Waals surface area contributed by atoms with Crippen molar-refractivity contribution < 1.29 is 26.7 Å². The van der Waals surface area contributed by atoms with Gasteiger partial charge in [-0.05, 0) is 18.6 Å². The first-order valence-corrected chi connectivity index (χ1v) is 5.82. The third-order valence-electron chi connectivity index (χ3n) is 2.31. The SMILES string of the molecule is CCCNc1c(F)cc(C(=O)NCC(F)(F)F)cc1F. The second-order valence-corrected chi connectivity index (χ2v) is 4.04. The van der Waals surface area contributed by atoms with Gasteiger partial charge >= 0.3 is 6.18 Å². The molecule has 20 heavy (non-hydrogen) atoms. The summed E-state index contributed by atoms with van der Waals surface area (Å²) in [4.78, 5) is 11.4. The molecule has 1 aromatic carbocycles. The number of carbonyl (C=O) groups excluding carboxylic acids is 1. The molecule has 3 nitrogen and oxygen atoms in total. The Labute approximate surface area is 112 Å². The number of anilines is 1. The Balaban J connectivity index is 2.85. The zero-order chi connectivity index (χ0) is 15.3. The lowest BCUT2D eigenvalue weighted by atomic mass is 10.1. The number of halogens is 5.